The third kappa shape index (κ3) is 3.60. The molecule has 26 heavy (non-hydrogen) atoms. The smallest absolute Gasteiger partial charge is 0.259 e. The third-order valence-corrected chi connectivity index (χ3v) is 4.19. The highest BCUT2D eigenvalue weighted by molar-refractivity contribution is 6.03. The van der Waals surface area contributed by atoms with E-state index >= 15 is 0 Å². The molecule has 0 aliphatic heterocycles. The molecule has 1 amide bonds. The first-order valence-corrected chi connectivity index (χ1v) is 8.28. The molecule has 5 nitrogen and oxygen atoms in total. The number of rotatable bonds is 6. The van der Waals surface area contributed by atoms with Crippen molar-refractivity contribution in [2.75, 3.05) is 6.61 Å². The molecule has 0 aliphatic carbocycles. The van der Waals surface area contributed by atoms with E-state index in [1.54, 1.807) is 0 Å². The van der Waals surface area contributed by atoms with Gasteiger partial charge in [-0.1, -0.05) is 36.4 Å². The van der Waals surface area contributed by atoms with Crippen molar-refractivity contribution in [2.24, 2.45) is 5.73 Å². The summed E-state index contributed by atoms with van der Waals surface area (Å²) < 4.78 is 7.93. The fraction of sp³-hybridized carbons (Fsp3) is 0.143. The highest BCUT2D eigenvalue weighted by atomic mass is 16.5. The normalized spacial score (nSPS) is 11.3. The van der Waals surface area contributed by atoms with Gasteiger partial charge >= 0.3 is 0 Å². The fourth-order valence-electron chi connectivity index (χ4n) is 2.86. The van der Waals surface area contributed by atoms with Crippen molar-refractivity contribution < 1.29 is 9.53 Å². The van der Waals surface area contributed by atoms with E-state index in [0.717, 1.165) is 27.8 Å². The molecule has 1 aromatic heterocycles. The Hall–Kier alpha value is -3.52. The number of nitrogens with zero attached hydrogens (tertiary/aromatic N) is 2. The zero-order chi connectivity index (χ0) is 18.5. The van der Waals surface area contributed by atoms with E-state index in [1.165, 1.54) is 6.08 Å². The molecule has 0 radical (unpaired) electrons. The van der Waals surface area contributed by atoms with Crippen LogP contribution >= 0.6 is 0 Å². The van der Waals surface area contributed by atoms with Gasteiger partial charge in [0.1, 0.15) is 24.0 Å². The van der Waals surface area contributed by atoms with Gasteiger partial charge in [0.2, 0.25) is 0 Å². The van der Waals surface area contributed by atoms with Gasteiger partial charge in [-0.25, -0.2) is 0 Å². The topological polar surface area (TPSA) is 81.0 Å². The zero-order valence-corrected chi connectivity index (χ0v) is 14.5. The number of hydrogen-bond donors (Lipinski definition) is 1. The summed E-state index contributed by atoms with van der Waals surface area (Å²) in [5, 5.41) is 10.0. The minimum atomic E-state index is -0.729. The molecule has 0 fully saturated rings. The number of nitrogens with two attached hydrogens (primary N) is 1. The van der Waals surface area contributed by atoms with Crippen molar-refractivity contribution >= 4 is 22.9 Å². The van der Waals surface area contributed by atoms with E-state index in [2.05, 4.69) is 4.57 Å². The lowest BCUT2D eigenvalue weighted by Gasteiger charge is -2.10. The van der Waals surface area contributed by atoms with Crippen LogP contribution in [-0.4, -0.2) is 17.1 Å². The lowest BCUT2D eigenvalue weighted by atomic mass is 10.1. The molecule has 0 atom stereocenters. The van der Waals surface area contributed by atoms with Crippen LogP contribution in [-0.2, 0) is 11.3 Å². The molecule has 2 N–H and O–H groups in total. The second-order valence-corrected chi connectivity index (χ2v) is 5.94. The Morgan fingerprint density at radius 1 is 1.23 bits per heavy atom. The number of fused-ring (bicyclic) bond motifs is 1. The number of aromatic nitrogens is 1. The maximum Gasteiger partial charge on any atom is 0.259 e. The van der Waals surface area contributed by atoms with E-state index in [4.69, 9.17) is 15.7 Å². The van der Waals surface area contributed by atoms with Crippen molar-refractivity contribution in [1.82, 2.24) is 4.57 Å². The highest BCUT2D eigenvalue weighted by Gasteiger charge is 2.10. The Labute approximate surface area is 151 Å². The molecule has 5 heteroatoms. The van der Waals surface area contributed by atoms with Crippen LogP contribution in [0, 0.1) is 18.3 Å². The summed E-state index contributed by atoms with van der Waals surface area (Å²) in [5.41, 5.74) is 8.07. The number of para-hydroxylation sites is 2. The summed E-state index contributed by atoms with van der Waals surface area (Å²) in [4.78, 5) is 11.3. The molecular weight excluding hydrogens is 326 g/mol. The van der Waals surface area contributed by atoms with Gasteiger partial charge in [0, 0.05) is 22.7 Å². The quantitative estimate of drug-likeness (QED) is 0.549. The van der Waals surface area contributed by atoms with Crippen molar-refractivity contribution in [3.8, 4) is 11.8 Å². The van der Waals surface area contributed by atoms with Crippen LogP contribution in [0.4, 0.5) is 0 Å². The van der Waals surface area contributed by atoms with Gasteiger partial charge in [0.25, 0.3) is 5.91 Å². The molecule has 0 saturated carbocycles. The molecule has 1 heterocycles. The van der Waals surface area contributed by atoms with Crippen molar-refractivity contribution in [3.05, 3.63) is 71.4 Å². The number of aryl methyl sites for hydroxylation is 1. The standard InChI is InChI=1S/C21H19N3O2/c1-15-6-2-5-9-20(15)26-11-10-24-14-17(12-16(13-22)21(23)25)18-7-3-4-8-19(18)24/h2-9,12,14H,10-11H2,1H3,(H2,23,25). The number of carbonyl (C=O) groups is 1. The number of nitriles is 1. The Bertz CT molecular complexity index is 1030. The molecule has 3 aromatic rings. The average molecular weight is 345 g/mol. The number of hydrogen-bond acceptors (Lipinski definition) is 3. The second kappa shape index (κ2) is 7.58. The predicted octanol–water partition coefficient (Wildman–Crippen LogP) is 3.42. The SMILES string of the molecule is Cc1ccccc1OCCn1cc(C=C(C#N)C(N)=O)c2ccccc21. The fourth-order valence-corrected chi connectivity index (χ4v) is 2.86. The van der Waals surface area contributed by atoms with Crippen molar-refractivity contribution in [2.45, 2.75) is 13.5 Å². The van der Waals surface area contributed by atoms with Gasteiger partial charge < -0.3 is 15.0 Å². The van der Waals surface area contributed by atoms with Gasteiger partial charge in [0.15, 0.2) is 0 Å². The first kappa shape index (κ1) is 17.3. The summed E-state index contributed by atoms with van der Waals surface area (Å²) in [6.45, 7) is 3.16. The van der Waals surface area contributed by atoms with Gasteiger partial charge in [-0.3, -0.25) is 4.79 Å². The summed E-state index contributed by atoms with van der Waals surface area (Å²) in [5.74, 6) is 0.136. The molecule has 0 aliphatic rings. The lowest BCUT2D eigenvalue weighted by Crippen LogP contribution is -2.12. The predicted molar refractivity (Wildman–Crippen MR) is 101 cm³/mol. The van der Waals surface area contributed by atoms with Gasteiger partial charge in [0.05, 0.1) is 6.54 Å². The molecule has 3 rings (SSSR count). The molecule has 0 bridgehead atoms. The Morgan fingerprint density at radius 3 is 2.69 bits per heavy atom. The largest absolute Gasteiger partial charge is 0.491 e. The molecule has 0 spiro atoms. The average Bonchev–Trinajstić information content (AvgIpc) is 2.99. The van der Waals surface area contributed by atoms with E-state index < -0.39 is 5.91 Å². The molecule has 130 valence electrons. The van der Waals surface area contributed by atoms with Crippen molar-refractivity contribution in [1.29, 1.82) is 5.26 Å². The Kier molecular flexibility index (Phi) is 5.04. The molecule has 0 saturated heterocycles. The van der Waals surface area contributed by atoms with Crippen LogP contribution < -0.4 is 10.5 Å². The van der Waals surface area contributed by atoms with Gasteiger partial charge in [-0.05, 0) is 30.7 Å². The van der Waals surface area contributed by atoms with Crippen molar-refractivity contribution in [3.63, 3.8) is 0 Å². The summed E-state index contributed by atoms with van der Waals surface area (Å²) in [7, 11) is 0. The third-order valence-electron chi connectivity index (χ3n) is 4.19. The first-order valence-electron chi connectivity index (χ1n) is 8.28. The molecular formula is C21H19N3O2. The lowest BCUT2D eigenvalue weighted by molar-refractivity contribution is -0.114. The number of ether oxygens (including phenoxy) is 1. The second-order valence-electron chi connectivity index (χ2n) is 5.94. The van der Waals surface area contributed by atoms with E-state index in [9.17, 15) is 4.79 Å². The number of primary amides is 1. The van der Waals surface area contributed by atoms with Crippen LogP contribution in [0.25, 0.3) is 17.0 Å². The number of carbonyl (C=O) groups excluding carboxylic acids is 1. The minimum absolute atomic E-state index is 0.0657. The minimum Gasteiger partial charge on any atom is -0.491 e. The Balaban J connectivity index is 1.86. The highest BCUT2D eigenvalue weighted by Crippen LogP contribution is 2.24. The summed E-state index contributed by atoms with van der Waals surface area (Å²) in [6, 6.07) is 17.6. The van der Waals surface area contributed by atoms with E-state index in [-0.39, 0.29) is 5.57 Å². The molecule has 0 unspecified atom stereocenters. The summed E-state index contributed by atoms with van der Waals surface area (Å²) in [6.07, 6.45) is 3.44. The maximum absolute atomic E-state index is 11.3. The number of amides is 1. The molecule has 2 aromatic carbocycles. The van der Waals surface area contributed by atoms with Crippen LogP contribution in [0.15, 0.2) is 60.3 Å². The van der Waals surface area contributed by atoms with Crippen LogP contribution in [0.3, 0.4) is 0 Å². The van der Waals surface area contributed by atoms with Gasteiger partial charge in [-0.15, -0.1) is 0 Å². The number of benzene rings is 2. The maximum atomic E-state index is 11.3. The van der Waals surface area contributed by atoms with Gasteiger partial charge in [-0.2, -0.15) is 5.26 Å². The van der Waals surface area contributed by atoms with Crippen LogP contribution in [0.5, 0.6) is 5.75 Å². The zero-order valence-electron chi connectivity index (χ0n) is 14.5. The first-order chi connectivity index (χ1) is 12.6. The van der Waals surface area contributed by atoms with E-state index in [0.29, 0.717) is 13.2 Å². The monoisotopic (exact) mass is 345 g/mol. The Morgan fingerprint density at radius 2 is 1.96 bits per heavy atom. The summed E-state index contributed by atoms with van der Waals surface area (Å²) >= 11 is 0. The van der Waals surface area contributed by atoms with E-state index in [1.807, 2.05) is 67.7 Å². The van der Waals surface area contributed by atoms with Crippen LogP contribution in [0.1, 0.15) is 11.1 Å². The van der Waals surface area contributed by atoms with Crippen LogP contribution in [0.2, 0.25) is 0 Å².